The highest BCUT2D eigenvalue weighted by Gasteiger charge is 2.40. The van der Waals surface area contributed by atoms with Crippen molar-refractivity contribution in [3.8, 4) is 11.4 Å². The summed E-state index contributed by atoms with van der Waals surface area (Å²) >= 11 is 7.50. The minimum atomic E-state index is -0.274. The van der Waals surface area contributed by atoms with Crippen molar-refractivity contribution in [1.29, 1.82) is 0 Å². The van der Waals surface area contributed by atoms with Crippen LogP contribution in [0.15, 0.2) is 35.7 Å². The molecule has 3 heterocycles. The van der Waals surface area contributed by atoms with E-state index < -0.39 is 0 Å². The summed E-state index contributed by atoms with van der Waals surface area (Å²) in [7, 11) is 1.86. The molecule has 0 amide bonds. The summed E-state index contributed by atoms with van der Waals surface area (Å²) in [6.07, 6.45) is 3.67. The van der Waals surface area contributed by atoms with Gasteiger partial charge in [0.15, 0.2) is 10.6 Å². The molecule has 1 saturated carbocycles. The molecule has 0 unspecified atom stereocenters. The normalized spacial score (nSPS) is 20.0. The van der Waals surface area contributed by atoms with E-state index in [1.54, 1.807) is 16.7 Å². The van der Waals surface area contributed by atoms with Gasteiger partial charge in [-0.05, 0) is 66.5 Å². The Balaban J connectivity index is 1.49. The summed E-state index contributed by atoms with van der Waals surface area (Å²) in [6.45, 7) is 1.67. The standard InChI is InChI=1S/C20H21FN4S2/c1-23-19(14-4-2-3-5-16(14)21)22-25(20(23)26)12-24-10-8-17-15(9-11-27-17)18(24)13-6-7-13/h2-5,9,11,13,18H,6-8,10,12H2,1H3/t18-/m1/s1. The number of benzene rings is 1. The van der Waals surface area contributed by atoms with Crippen molar-refractivity contribution in [3.63, 3.8) is 0 Å². The lowest BCUT2D eigenvalue weighted by Crippen LogP contribution is -2.37. The van der Waals surface area contributed by atoms with Crippen LogP contribution >= 0.6 is 23.6 Å². The largest absolute Gasteiger partial charge is 0.303 e. The molecule has 27 heavy (non-hydrogen) atoms. The molecule has 2 aromatic heterocycles. The molecule has 0 spiro atoms. The highest BCUT2D eigenvalue weighted by molar-refractivity contribution is 7.71. The van der Waals surface area contributed by atoms with Crippen LogP contribution in [0.4, 0.5) is 4.39 Å². The third-order valence-electron chi connectivity index (χ3n) is 5.66. The number of thiophene rings is 1. The van der Waals surface area contributed by atoms with Gasteiger partial charge in [-0.3, -0.25) is 4.90 Å². The van der Waals surface area contributed by atoms with Crippen LogP contribution in [0.3, 0.4) is 0 Å². The lowest BCUT2D eigenvalue weighted by Gasteiger charge is -2.35. The Labute approximate surface area is 166 Å². The van der Waals surface area contributed by atoms with E-state index >= 15 is 0 Å². The Morgan fingerprint density at radius 2 is 2.07 bits per heavy atom. The van der Waals surface area contributed by atoms with Gasteiger partial charge in [-0.25, -0.2) is 9.07 Å². The zero-order chi connectivity index (χ0) is 18.5. The number of rotatable bonds is 4. The Bertz CT molecular complexity index is 1050. The maximum atomic E-state index is 14.3. The molecule has 7 heteroatoms. The Morgan fingerprint density at radius 3 is 2.85 bits per heavy atom. The summed E-state index contributed by atoms with van der Waals surface area (Å²) in [5.74, 6) is 1.04. The second-order valence-corrected chi connectivity index (χ2v) is 8.80. The van der Waals surface area contributed by atoms with Gasteiger partial charge < -0.3 is 4.57 Å². The average molecular weight is 401 g/mol. The number of nitrogens with zero attached hydrogens (tertiary/aromatic N) is 4. The lowest BCUT2D eigenvalue weighted by atomic mass is 9.96. The van der Waals surface area contributed by atoms with Crippen molar-refractivity contribution in [2.24, 2.45) is 13.0 Å². The maximum absolute atomic E-state index is 14.3. The number of aromatic nitrogens is 3. The summed E-state index contributed by atoms with van der Waals surface area (Å²) in [5.41, 5.74) is 1.98. The van der Waals surface area contributed by atoms with Gasteiger partial charge in [0.1, 0.15) is 5.82 Å². The first-order valence-corrected chi connectivity index (χ1v) is 10.6. The summed E-state index contributed by atoms with van der Waals surface area (Å²) < 4.78 is 18.5. The molecule has 1 fully saturated rings. The van der Waals surface area contributed by atoms with E-state index in [2.05, 4.69) is 21.4 Å². The van der Waals surface area contributed by atoms with Gasteiger partial charge in [-0.1, -0.05) is 12.1 Å². The second kappa shape index (κ2) is 6.65. The number of fused-ring (bicyclic) bond motifs is 1. The second-order valence-electron chi connectivity index (χ2n) is 7.43. The zero-order valence-corrected chi connectivity index (χ0v) is 16.8. The van der Waals surface area contributed by atoms with Crippen LogP contribution < -0.4 is 0 Å². The number of hydrogen-bond donors (Lipinski definition) is 0. The van der Waals surface area contributed by atoms with E-state index in [1.165, 1.54) is 29.3 Å². The number of halogens is 1. The molecule has 1 atom stereocenters. The fourth-order valence-corrected chi connectivity index (χ4v) is 5.25. The van der Waals surface area contributed by atoms with Crippen LogP contribution in [-0.4, -0.2) is 25.8 Å². The predicted molar refractivity (Wildman–Crippen MR) is 108 cm³/mol. The van der Waals surface area contributed by atoms with Crippen LogP contribution in [0.1, 0.15) is 29.3 Å². The van der Waals surface area contributed by atoms with E-state index in [-0.39, 0.29) is 5.82 Å². The van der Waals surface area contributed by atoms with Gasteiger partial charge in [0.2, 0.25) is 0 Å². The predicted octanol–water partition coefficient (Wildman–Crippen LogP) is 4.79. The van der Waals surface area contributed by atoms with E-state index in [1.807, 2.05) is 29.1 Å². The molecule has 2 aliphatic rings. The Hall–Kier alpha value is -1.83. The van der Waals surface area contributed by atoms with Gasteiger partial charge in [0, 0.05) is 24.5 Å². The molecular weight excluding hydrogens is 379 g/mol. The highest BCUT2D eigenvalue weighted by Crippen LogP contribution is 2.48. The highest BCUT2D eigenvalue weighted by atomic mass is 32.1. The minimum absolute atomic E-state index is 0.274. The molecule has 140 valence electrons. The molecular formula is C20H21FN4S2. The van der Waals surface area contributed by atoms with E-state index in [4.69, 9.17) is 12.2 Å². The lowest BCUT2D eigenvalue weighted by molar-refractivity contribution is 0.117. The molecule has 0 N–H and O–H groups in total. The Kier molecular flexibility index (Phi) is 4.26. The average Bonchev–Trinajstić information content (AvgIpc) is 3.33. The summed E-state index contributed by atoms with van der Waals surface area (Å²) in [6, 6.07) is 9.48. The minimum Gasteiger partial charge on any atom is -0.303 e. The Morgan fingerprint density at radius 1 is 1.26 bits per heavy atom. The topological polar surface area (TPSA) is 26.0 Å². The van der Waals surface area contributed by atoms with Crippen molar-refractivity contribution in [2.75, 3.05) is 6.54 Å². The van der Waals surface area contributed by atoms with Crippen molar-refractivity contribution in [3.05, 3.63) is 56.7 Å². The first kappa shape index (κ1) is 17.3. The smallest absolute Gasteiger partial charge is 0.199 e. The summed E-state index contributed by atoms with van der Waals surface area (Å²) in [5, 5.41) is 6.90. The van der Waals surface area contributed by atoms with Crippen LogP contribution in [0.2, 0.25) is 0 Å². The fourth-order valence-electron chi connectivity index (χ4n) is 4.15. The monoisotopic (exact) mass is 400 g/mol. The van der Waals surface area contributed by atoms with Gasteiger partial charge >= 0.3 is 0 Å². The molecule has 4 nitrogen and oxygen atoms in total. The first-order valence-electron chi connectivity index (χ1n) is 9.32. The van der Waals surface area contributed by atoms with Gasteiger partial charge in [0.05, 0.1) is 12.2 Å². The van der Waals surface area contributed by atoms with Gasteiger partial charge in [-0.15, -0.1) is 11.3 Å². The van der Waals surface area contributed by atoms with Crippen molar-refractivity contribution >= 4 is 23.6 Å². The van der Waals surface area contributed by atoms with Crippen LogP contribution in [0.5, 0.6) is 0 Å². The van der Waals surface area contributed by atoms with E-state index in [0.29, 0.717) is 28.9 Å². The van der Waals surface area contributed by atoms with Crippen molar-refractivity contribution < 1.29 is 4.39 Å². The van der Waals surface area contributed by atoms with Crippen molar-refractivity contribution in [2.45, 2.75) is 32.0 Å². The van der Waals surface area contributed by atoms with Gasteiger partial charge in [0.25, 0.3) is 0 Å². The van der Waals surface area contributed by atoms with Gasteiger partial charge in [-0.2, -0.15) is 5.10 Å². The molecule has 0 saturated heterocycles. The molecule has 5 rings (SSSR count). The maximum Gasteiger partial charge on any atom is 0.199 e. The van der Waals surface area contributed by atoms with Crippen LogP contribution in [0.25, 0.3) is 11.4 Å². The molecule has 0 radical (unpaired) electrons. The SMILES string of the molecule is Cn1c(-c2ccccc2F)nn(CN2CCc3sccc3[C@H]2C2CC2)c1=S. The summed E-state index contributed by atoms with van der Waals surface area (Å²) in [4.78, 5) is 4.03. The third kappa shape index (κ3) is 2.98. The zero-order valence-electron chi connectivity index (χ0n) is 15.1. The van der Waals surface area contributed by atoms with Crippen LogP contribution in [0, 0.1) is 16.5 Å². The molecule has 1 aliphatic heterocycles. The molecule has 3 aromatic rings. The molecule has 0 bridgehead atoms. The third-order valence-corrected chi connectivity index (χ3v) is 7.14. The van der Waals surface area contributed by atoms with E-state index in [0.717, 1.165) is 18.9 Å². The molecule has 1 aliphatic carbocycles. The van der Waals surface area contributed by atoms with E-state index in [9.17, 15) is 4.39 Å². The fraction of sp³-hybridized carbons (Fsp3) is 0.400. The first-order chi connectivity index (χ1) is 13.1. The molecule has 1 aromatic carbocycles. The van der Waals surface area contributed by atoms with Crippen LogP contribution in [-0.2, 0) is 20.1 Å². The van der Waals surface area contributed by atoms with Crippen molar-refractivity contribution in [1.82, 2.24) is 19.2 Å². The quantitative estimate of drug-likeness (QED) is 0.589. The number of hydrogen-bond acceptors (Lipinski definition) is 4.